The van der Waals surface area contributed by atoms with Gasteiger partial charge in [-0.25, -0.2) is 9.67 Å². The molecule has 1 N–H and O–H groups in total. The maximum Gasteiger partial charge on any atom is 0.226 e. The summed E-state index contributed by atoms with van der Waals surface area (Å²) in [6.07, 6.45) is 3.44. The zero-order valence-corrected chi connectivity index (χ0v) is 16.3. The van der Waals surface area contributed by atoms with E-state index in [1.54, 1.807) is 12.1 Å². The molecule has 1 aliphatic heterocycles. The van der Waals surface area contributed by atoms with E-state index in [0.29, 0.717) is 36.0 Å². The van der Waals surface area contributed by atoms with Crippen molar-refractivity contribution in [3.8, 4) is 11.4 Å². The number of fused-ring (bicyclic) bond motifs is 1. The van der Waals surface area contributed by atoms with E-state index >= 15 is 0 Å². The van der Waals surface area contributed by atoms with E-state index in [1.807, 2.05) is 23.7 Å². The summed E-state index contributed by atoms with van der Waals surface area (Å²) in [4.78, 5) is 21.2. The first-order chi connectivity index (χ1) is 13.6. The van der Waals surface area contributed by atoms with Gasteiger partial charge in [-0.2, -0.15) is 10.1 Å². The summed E-state index contributed by atoms with van der Waals surface area (Å²) in [5.41, 5.74) is 0.842. The molecule has 0 aliphatic carbocycles. The molecule has 0 radical (unpaired) electrons. The predicted molar refractivity (Wildman–Crippen MR) is 103 cm³/mol. The second kappa shape index (κ2) is 8.10. The SMILES string of the molecule is Cc1nc2n(n1)CCC[C@@H]2NC(=O)CCCc1nc(-c2ccc(Cl)cc2)no1. The van der Waals surface area contributed by atoms with Crippen LogP contribution in [0.25, 0.3) is 11.4 Å². The van der Waals surface area contributed by atoms with Crippen molar-refractivity contribution in [2.45, 2.75) is 51.6 Å². The minimum atomic E-state index is -0.0673. The Kier molecular flexibility index (Phi) is 5.38. The van der Waals surface area contributed by atoms with E-state index < -0.39 is 0 Å². The number of aromatic nitrogens is 5. The van der Waals surface area contributed by atoms with Crippen LogP contribution >= 0.6 is 11.6 Å². The van der Waals surface area contributed by atoms with Gasteiger partial charge in [-0.15, -0.1) is 0 Å². The van der Waals surface area contributed by atoms with Gasteiger partial charge in [0.15, 0.2) is 0 Å². The smallest absolute Gasteiger partial charge is 0.226 e. The van der Waals surface area contributed by atoms with Gasteiger partial charge in [0.1, 0.15) is 11.6 Å². The number of amides is 1. The lowest BCUT2D eigenvalue weighted by Gasteiger charge is -2.23. The number of aryl methyl sites for hydroxylation is 3. The predicted octanol–water partition coefficient (Wildman–Crippen LogP) is 3.26. The van der Waals surface area contributed by atoms with Crippen LogP contribution in [-0.2, 0) is 17.8 Å². The Morgan fingerprint density at radius 3 is 2.96 bits per heavy atom. The van der Waals surface area contributed by atoms with Crippen LogP contribution in [0.3, 0.4) is 0 Å². The topological polar surface area (TPSA) is 98.7 Å². The molecule has 28 heavy (non-hydrogen) atoms. The monoisotopic (exact) mass is 400 g/mol. The van der Waals surface area contributed by atoms with Gasteiger partial charge >= 0.3 is 0 Å². The minimum Gasteiger partial charge on any atom is -0.346 e. The number of nitrogens with one attached hydrogen (secondary N) is 1. The quantitative estimate of drug-likeness (QED) is 0.681. The van der Waals surface area contributed by atoms with Crippen LogP contribution in [0.15, 0.2) is 28.8 Å². The van der Waals surface area contributed by atoms with Crippen LogP contribution in [0, 0.1) is 6.92 Å². The van der Waals surface area contributed by atoms with Crippen molar-refractivity contribution in [3.63, 3.8) is 0 Å². The van der Waals surface area contributed by atoms with Crippen LogP contribution in [0.4, 0.5) is 0 Å². The molecule has 1 atom stereocenters. The number of hydrogen-bond donors (Lipinski definition) is 1. The molecule has 1 amide bonds. The van der Waals surface area contributed by atoms with E-state index in [1.165, 1.54) is 0 Å². The van der Waals surface area contributed by atoms with Crippen LogP contribution in [0.5, 0.6) is 0 Å². The number of benzene rings is 1. The molecule has 2 aromatic heterocycles. The molecule has 3 aromatic rings. The van der Waals surface area contributed by atoms with E-state index in [0.717, 1.165) is 36.6 Å². The van der Waals surface area contributed by atoms with Crippen LogP contribution < -0.4 is 5.32 Å². The van der Waals surface area contributed by atoms with Crippen molar-refractivity contribution in [2.75, 3.05) is 0 Å². The Hall–Kier alpha value is -2.74. The summed E-state index contributed by atoms with van der Waals surface area (Å²) in [7, 11) is 0. The molecular weight excluding hydrogens is 380 g/mol. The minimum absolute atomic E-state index is 0.00320. The number of carbonyl (C=O) groups excluding carboxylic acids is 1. The molecule has 0 fully saturated rings. The fraction of sp³-hybridized carbons (Fsp3) is 0.421. The first-order valence-corrected chi connectivity index (χ1v) is 9.75. The van der Waals surface area contributed by atoms with E-state index in [9.17, 15) is 4.79 Å². The summed E-state index contributed by atoms with van der Waals surface area (Å²) >= 11 is 5.89. The summed E-state index contributed by atoms with van der Waals surface area (Å²) in [5.74, 6) is 2.63. The third kappa shape index (κ3) is 4.22. The molecule has 0 spiro atoms. The van der Waals surface area contributed by atoms with Crippen molar-refractivity contribution in [2.24, 2.45) is 0 Å². The first kappa shape index (κ1) is 18.6. The lowest BCUT2D eigenvalue weighted by molar-refractivity contribution is -0.122. The Labute approximate surface area is 167 Å². The fourth-order valence-electron chi connectivity index (χ4n) is 3.34. The summed E-state index contributed by atoms with van der Waals surface area (Å²) < 4.78 is 7.17. The second-order valence-electron chi connectivity index (χ2n) is 6.87. The molecule has 0 saturated heterocycles. The molecule has 0 unspecified atom stereocenters. The molecule has 8 nitrogen and oxygen atoms in total. The van der Waals surface area contributed by atoms with Crippen molar-refractivity contribution < 1.29 is 9.32 Å². The fourth-order valence-corrected chi connectivity index (χ4v) is 3.47. The summed E-state index contributed by atoms with van der Waals surface area (Å²) in [6.45, 7) is 2.72. The van der Waals surface area contributed by atoms with Gasteiger partial charge in [-0.1, -0.05) is 16.8 Å². The highest BCUT2D eigenvalue weighted by molar-refractivity contribution is 6.30. The van der Waals surface area contributed by atoms with Crippen LogP contribution in [0.2, 0.25) is 5.02 Å². The van der Waals surface area contributed by atoms with E-state index in [4.69, 9.17) is 16.1 Å². The molecular formula is C19H21ClN6O2. The second-order valence-corrected chi connectivity index (χ2v) is 7.31. The highest BCUT2D eigenvalue weighted by atomic mass is 35.5. The molecule has 3 heterocycles. The molecule has 1 aliphatic rings. The van der Waals surface area contributed by atoms with Crippen molar-refractivity contribution in [1.29, 1.82) is 0 Å². The van der Waals surface area contributed by atoms with Gasteiger partial charge in [-0.05, 0) is 50.5 Å². The van der Waals surface area contributed by atoms with Gasteiger partial charge in [0.05, 0.1) is 6.04 Å². The third-order valence-electron chi connectivity index (χ3n) is 4.68. The number of rotatable bonds is 6. The normalized spacial score (nSPS) is 16.0. The molecule has 4 rings (SSSR count). The number of hydrogen-bond acceptors (Lipinski definition) is 6. The van der Waals surface area contributed by atoms with Gasteiger partial charge in [0.25, 0.3) is 0 Å². The lowest BCUT2D eigenvalue weighted by atomic mass is 10.1. The summed E-state index contributed by atoms with van der Waals surface area (Å²) in [5, 5.41) is 12.1. The average molecular weight is 401 g/mol. The molecule has 0 saturated carbocycles. The Morgan fingerprint density at radius 1 is 1.32 bits per heavy atom. The van der Waals surface area contributed by atoms with Crippen LogP contribution in [0.1, 0.15) is 49.3 Å². The number of nitrogens with zero attached hydrogens (tertiary/aromatic N) is 5. The standard InChI is InChI=1S/C19H21ClN6O2/c1-12-21-19-15(4-3-11-26(19)24-12)22-16(27)5-2-6-17-23-18(25-28-17)13-7-9-14(20)10-8-13/h7-10,15H,2-6,11H2,1H3,(H,22,27)/t15-/m0/s1. The molecule has 9 heteroatoms. The van der Waals surface area contributed by atoms with E-state index in [2.05, 4.69) is 25.5 Å². The maximum absolute atomic E-state index is 12.3. The lowest BCUT2D eigenvalue weighted by Crippen LogP contribution is -2.33. The number of carbonyl (C=O) groups is 1. The van der Waals surface area contributed by atoms with Crippen LogP contribution in [-0.4, -0.2) is 30.8 Å². The van der Waals surface area contributed by atoms with Crippen molar-refractivity contribution in [3.05, 3.63) is 46.8 Å². The van der Waals surface area contributed by atoms with Gasteiger partial charge < -0.3 is 9.84 Å². The Morgan fingerprint density at radius 2 is 2.14 bits per heavy atom. The number of halogens is 1. The highest BCUT2D eigenvalue weighted by Gasteiger charge is 2.24. The first-order valence-electron chi connectivity index (χ1n) is 9.38. The zero-order chi connectivity index (χ0) is 19.5. The Balaban J connectivity index is 1.28. The molecule has 0 bridgehead atoms. The van der Waals surface area contributed by atoms with Crippen molar-refractivity contribution in [1.82, 2.24) is 30.2 Å². The summed E-state index contributed by atoms with van der Waals surface area (Å²) in [6, 6.07) is 7.18. The molecule has 146 valence electrons. The average Bonchev–Trinajstić information content (AvgIpc) is 3.29. The van der Waals surface area contributed by atoms with Gasteiger partial charge in [0.2, 0.25) is 17.6 Å². The van der Waals surface area contributed by atoms with Gasteiger partial charge in [-0.3, -0.25) is 4.79 Å². The highest BCUT2D eigenvalue weighted by Crippen LogP contribution is 2.23. The van der Waals surface area contributed by atoms with Gasteiger partial charge in [0, 0.05) is 30.0 Å². The maximum atomic E-state index is 12.3. The Bertz CT molecular complexity index is 965. The van der Waals surface area contributed by atoms with E-state index in [-0.39, 0.29) is 11.9 Å². The zero-order valence-electron chi connectivity index (χ0n) is 15.6. The van der Waals surface area contributed by atoms with Crippen molar-refractivity contribution >= 4 is 17.5 Å². The largest absolute Gasteiger partial charge is 0.346 e. The molecule has 1 aromatic carbocycles. The third-order valence-corrected chi connectivity index (χ3v) is 4.93.